The molecule has 6 aromatic carbocycles. The summed E-state index contributed by atoms with van der Waals surface area (Å²) in [7, 11) is 0. The molecule has 1 heteroatoms. The third-order valence-electron chi connectivity index (χ3n) is 11.0. The van der Waals surface area contributed by atoms with Crippen molar-refractivity contribution in [2.45, 2.75) is 45.4 Å². The van der Waals surface area contributed by atoms with Crippen molar-refractivity contribution in [3.8, 4) is 0 Å². The largest absolute Gasteiger partial charge is 0.135 e. The van der Waals surface area contributed by atoms with Crippen molar-refractivity contribution < 1.29 is 0 Å². The van der Waals surface area contributed by atoms with E-state index in [2.05, 4.69) is 173 Å². The topological polar surface area (TPSA) is 0 Å². The molecule has 9 rings (SSSR count). The molecular formula is C49H40S. The number of benzene rings is 6. The lowest BCUT2D eigenvalue weighted by atomic mass is 9.81. The first-order chi connectivity index (χ1) is 24.5. The van der Waals surface area contributed by atoms with Crippen LogP contribution in [0.5, 0.6) is 0 Å². The summed E-state index contributed by atoms with van der Waals surface area (Å²) in [5.74, 6) is 0. The van der Waals surface area contributed by atoms with Gasteiger partial charge in [-0.25, -0.2) is 0 Å². The van der Waals surface area contributed by atoms with E-state index in [1.54, 1.807) is 0 Å². The molecule has 242 valence electrons. The van der Waals surface area contributed by atoms with E-state index in [1.165, 1.54) is 91.5 Å². The van der Waals surface area contributed by atoms with Gasteiger partial charge in [-0.1, -0.05) is 147 Å². The van der Waals surface area contributed by atoms with Crippen molar-refractivity contribution in [2.24, 2.45) is 0 Å². The van der Waals surface area contributed by atoms with Crippen LogP contribution in [0.2, 0.25) is 0 Å². The predicted octanol–water partition coefficient (Wildman–Crippen LogP) is 14.2. The molecule has 0 spiro atoms. The Morgan fingerprint density at radius 1 is 0.660 bits per heavy atom. The Balaban J connectivity index is 1.15. The zero-order chi connectivity index (χ0) is 33.8. The van der Waals surface area contributed by atoms with Gasteiger partial charge in [-0.3, -0.25) is 0 Å². The summed E-state index contributed by atoms with van der Waals surface area (Å²) in [6.07, 6.45) is 23.2. The van der Waals surface area contributed by atoms with E-state index in [4.69, 9.17) is 0 Å². The fourth-order valence-corrected chi connectivity index (χ4v) is 9.53. The highest BCUT2D eigenvalue weighted by Gasteiger charge is 2.34. The van der Waals surface area contributed by atoms with Gasteiger partial charge in [0, 0.05) is 25.6 Å². The van der Waals surface area contributed by atoms with Gasteiger partial charge < -0.3 is 0 Å². The Hall–Kier alpha value is -5.24. The first kappa shape index (κ1) is 30.8. The first-order valence-electron chi connectivity index (χ1n) is 17.9. The summed E-state index contributed by atoms with van der Waals surface area (Å²) in [4.78, 5) is 0. The van der Waals surface area contributed by atoms with Crippen LogP contribution in [0.3, 0.4) is 0 Å². The zero-order valence-corrected chi connectivity index (χ0v) is 29.8. The van der Waals surface area contributed by atoms with Crippen LogP contribution in [0.4, 0.5) is 0 Å². The molecule has 0 nitrogen and oxygen atoms in total. The molecule has 2 aliphatic rings. The maximum absolute atomic E-state index is 2.47. The van der Waals surface area contributed by atoms with Crippen LogP contribution in [0, 0.1) is 0 Å². The molecule has 0 atom stereocenters. The predicted molar refractivity (Wildman–Crippen MR) is 221 cm³/mol. The van der Waals surface area contributed by atoms with E-state index >= 15 is 0 Å². The molecule has 2 aliphatic carbocycles. The first-order valence-corrected chi connectivity index (χ1v) is 18.7. The summed E-state index contributed by atoms with van der Waals surface area (Å²) in [5, 5.41) is 10.7. The molecule has 50 heavy (non-hydrogen) atoms. The van der Waals surface area contributed by atoms with Crippen molar-refractivity contribution in [3.63, 3.8) is 0 Å². The van der Waals surface area contributed by atoms with Crippen molar-refractivity contribution in [2.75, 3.05) is 0 Å². The van der Waals surface area contributed by atoms with Crippen LogP contribution >= 0.6 is 11.3 Å². The Labute approximate surface area is 298 Å². The highest BCUT2D eigenvalue weighted by Crippen LogP contribution is 2.46. The van der Waals surface area contributed by atoms with Gasteiger partial charge in [0.2, 0.25) is 0 Å². The van der Waals surface area contributed by atoms with E-state index in [0.717, 1.165) is 19.3 Å². The third-order valence-corrected chi connectivity index (χ3v) is 12.2. The van der Waals surface area contributed by atoms with Gasteiger partial charge in [0.15, 0.2) is 0 Å². The molecule has 0 radical (unpaired) electrons. The molecule has 7 aromatic rings. The summed E-state index contributed by atoms with van der Waals surface area (Å²) in [6.45, 7) is 7.11. The summed E-state index contributed by atoms with van der Waals surface area (Å²) in [6, 6.07) is 36.6. The van der Waals surface area contributed by atoms with E-state index in [1.807, 2.05) is 11.3 Å². The summed E-state index contributed by atoms with van der Waals surface area (Å²) < 4.78 is 2.74. The van der Waals surface area contributed by atoms with Crippen LogP contribution in [0.1, 0.15) is 55.9 Å². The highest BCUT2D eigenvalue weighted by atomic mass is 32.1. The van der Waals surface area contributed by atoms with Crippen LogP contribution in [-0.4, -0.2) is 0 Å². The number of thiophene rings is 1. The van der Waals surface area contributed by atoms with Crippen LogP contribution in [0.25, 0.3) is 63.6 Å². The van der Waals surface area contributed by atoms with E-state index < -0.39 is 0 Å². The highest BCUT2D eigenvalue weighted by molar-refractivity contribution is 7.25. The lowest BCUT2D eigenvalue weighted by Gasteiger charge is -2.22. The number of allylic oxidation sites excluding steroid dienone is 12. The second-order valence-electron chi connectivity index (χ2n) is 14.4. The lowest BCUT2D eigenvalue weighted by molar-refractivity contribution is 0.645. The van der Waals surface area contributed by atoms with E-state index in [0.29, 0.717) is 0 Å². The molecule has 0 aliphatic heterocycles. The van der Waals surface area contributed by atoms with Gasteiger partial charge >= 0.3 is 0 Å². The molecule has 1 aromatic heterocycles. The smallest absolute Gasteiger partial charge is 0.0361 e. The fourth-order valence-electron chi connectivity index (χ4n) is 8.40. The number of hydrogen-bond acceptors (Lipinski definition) is 1. The van der Waals surface area contributed by atoms with Crippen molar-refractivity contribution in [1.29, 1.82) is 0 Å². The van der Waals surface area contributed by atoms with Crippen molar-refractivity contribution in [1.82, 2.24) is 0 Å². The average molecular weight is 661 g/mol. The molecule has 0 fully saturated rings. The van der Waals surface area contributed by atoms with Gasteiger partial charge in [-0.05, 0) is 116 Å². The Morgan fingerprint density at radius 3 is 2.10 bits per heavy atom. The molecular weight excluding hydrogens is 621 g/mol. The number of fused-ring (bicyclic) bond motifs is 7. The van der Waals surface area contributed by atoms with Gasteiger partial charge in [-0.2, -0.15) is 0 Å². The molecule has 0 amide bonds. The van der Waals surface area contributed by atoms with Crippen molar-refractivity contribution >= 4 is 75.0 Å². The monoisotopic (exact) mass is 660 g/mol. The maximum atomic E-state index is 2.47. The van der Waals surface area contributed by atoms with Gasteiger partial charge in [0.1, 0.15) is 0 Å². The minimum Gasteiger partial charge on any atom is -0.135 e. The second-order valence-corrected chi connectivity index (χ2v) is 15.5. The van der Waals surface area contributed by atoms with Gasteiger partial charge in [0.25, 0.3) is 0 Å². The zero-order valence-electron chi connectivity index (χ0n) is 29.0. The molecule has 0 N–H and O–H groups in total. The molecule has 0 saturated heterocycles. The Morgan fingerprint density at radius 2 is 1.32 bits per heavy atom. The SMILES string of the molecule is C/C(=C\C=C1/Cc2cc3cc4c(cc3cc2C1(C)C)sc1ccccc14)c1c2ccccc2c(/C2=C/C=C\C/C=C\C=C/C2)c2ccccc12. The Bertz CT molecular complexity index is 2640. The van der Waals surface area contributed by atoms with E-state index in [-0.39, 0.29) is 5.41 Å². The normalized spacial score (nSPS) is 20.0. The van der Waals surface area contributed by atoms with Gasteiger partial charge in [-0.15, -0.1) is 11.3 Å². The molecule has 0 saturated carbocycles. The summed E-state index contributed by atoms with van der Waals surface area (Å²) in [5.41, 5.74) is 9.67. The molecule has 0 bridgehead atoms. The number of rotatable bonds is 3. The summed E-state index contributed by atoms with van der Waals surface area (Å²) >= 11 is 1.90. The minimum absolute atomic E-state index is 0.0398. The standard InChI is InChI=1S/C49H40S/c1-32(47-39-20-11-13-22-41(39)48(42-23-14-12-21-40(42)47)33-17-9-7-5-4-6-8-10-18-33)25-26-37-28-36-27-34-29-43-38-19-15-16-24-45(38)50-46(43)31-35(34)30-44(36)49(37,2)3/h4-5,7-16,18-27,29-31H,6,17,28H2,1-3H3/b5-4-,9-7-,10-8-,32-25+,33-18+,37-26+. The quantitative estimate of drug-likeness (QED) is 0.165. The fraction of sp³-hybridized carbons (Fsp3) is 0.143. The Kier molecular flexibility index (Phi) is 7.55. The molecule has 1 heterocycles. The average Bonchev–Trinajstić information content (AvgIpc) is 3.62. The van der Waals surface area contributed by atoms with Crippen LogP contribution in [0.15, 0.2) is 157 Å². The minimum atomic E-state index is -0.0398. The number of hydrogen-bond donors (Lipinski definition) is 0. The van der Waals surface area contributed by atoms with Crippen molar-refractivity contribution in [3.05, 3.63) is 180 Å². The second kappa shape index (κ2) is 12.3. The maximum Gasteiger partial charge on any atom is 0.0361 e. The van der Waals surface area contributed by atoms with Gasteiger partial charge in [0.05, 0.1) is 0 Å². The third kappa shape index (κ3) is 5.11. The van der Waals surface area contributed by atoms with Crippen LogP contribution in [-0.2, 0) is 11.8 Å². The molecule has 0 unspecified atom stereocenters. The van der Waals surface area contributed by atoms with E-state index in [9.17, 15) is 0 Å². The van der Waals surface area contributed by atoms with Crippen LogP contribution < -0.4 is 0 Å². The lowest BCUT2D eigenvalue weighted by Crippen LogP contribution is -2.15.